The van der Waals surface area contributed by atoms with Crippen molar-refractivity contribution in [3.05, 3.63) is 59.7 Å². The Balaban J connectivity index is 1.75. The standard InChI is InChI=1S/C19H17NO4/c1-19(14-9-8-12-5-2-3-6-13(12)11-14)17(23)16(22)18(24-19)20-10-4-7-15(20)21/h2-3,5-6,8-9,11,22H,4,7,10H2,1H3. The predicted molar refractivity (Wildman–Crippen MR) is 88.0 cm³/mol. The fourth-order valence-corrected chi connectivity index (χ4v) is 3.33. The van der Waals surface area contributed by atoms with Gasteiger partial charge in [-0.05, 0) is 30.2 Å². The van der Waals surface area contributed by atoms with Crippen LogP contribution in [0, 0.1) is 0 Å². The molecule has 24 heavy (non-hydrogen) atoms. The maximum absolute atomic E-state index is 12.7. The van der Waals surface area contributed by atoms with Crippen LogP contribution in [0.3, 0.4) is 0 Å². The van der Waals surface area contributed by atoms with Crippen LogP contribution >= 0.6 is 0 Å². The highest BCUT2D eigenvalue weighted by atomic mass is 16.5. The average molecular weight is 323 g/mol. The van der Waals surface area contributed by atoms with Gasteiger partial charge in [-0.15, -0.1) is 0 Å². The molecule has 5 nitrogen and oxygen atoms in total. The molecule has 0 spiro atoms. The van der Waals surface area contributed by atoms with E-state index in [9.17, 15) is 14.7 Å². The lowest BCUT2D eigenvalue weighted by Gasteiger charge is -2.26. The molecule has 2 aliphatic heterocycles. The van der Waals surface area contributed by atoms with Crippen molar-refractivity contribution in [3.8, 4) is 0 Å². The SMILES string of the molecule is CC1(c2ccc3ccccc3c2)OC(N2CCCC2=O)=C(O)C1=O. The van der Waals surface area contributed by atoms with Crippen LogP contribution in [0.15, 0.2) is 54.1 Å². The summed E-state index contributed by atoms with van der Waals surface area (Å²) in [5, 5.41) is 12.3. The predicted octanol–water partition coefficient (Wildman–Crippen LogP) is 3.00. The maximum Gasteiger partial charge on any atom is 0.250 e. The van der Waals surface area contributed by atoms with Gasteiger partial charge in [0.1, 0.15) is 0 Å². The Kier molecular flexibility index (Phi) is 3.13. The summed E-state index contributed by atoms with van der Waals surface area (Å²) in [6.07, 6.45) is 1.10. The van der Waals surface area contributed by atoms with E-state index in [1.807, 2.05) is 42.5 Å². The second kappa shape index (κ2) is 5.09. The number of ether oxygens (including phenoxy) is 1. The number of aliphatic hydroxyl groups excluding tert-OH is 1. The number of carbonyl (C=O) groups is 2. The molecular weight excluding hydrogens is 306 g/mol. The molecule has 1 atom stereocenters. The number of hydrogen-bond donors (Lipinski definition) is 1. The summed E-state index contributed by atoms with van der Waals surface area (Å²) in [6, 6.07) is 13.4. The molecular formula is C19H17NO4. The summed E-state index contributed by atoms with van der Waals surface area (Å²) < 4.78 is 5.85. The van der Waals surface area contributed by atoms with Gasteiger partial charge >= 0.3 is 0 Å². The van der Waals surface area contributed by atoms with Crippen LogP contribution in [0.25, 0.3) is 10.8 Å². The van der Waals surface area contributed by atoms with Crippen LogP contribution in [0.5, 0.6) is 0 Å². The Morgan fingerprint density at radius 1 is 1.12 bits per heavy atom. The van der Waals surface area contributed by atoms with Gasteiger partial charge in [0.2, 0.25) is 17.5 Å². The molecule has 0 bridgehead atoms. The van der Waals surface area contributed by atoms with Crippen molar-refractivity contribution >= 4 is 22.5 Å². The van der Waals surface area contributed by atoms with Gasteiger partial charge in [-0.2, -0.15) is 0 Å². The van der Waals surface area contributed by atoms with Gasteiger partial charge in [0.15, 0.2) is 5.60 Å². The van der Waals surface area contributed by atoms with Gasteiger partial charge in [-0.1, -0.05) is 36.4 Å². The van der Waals surface area contributed by atoms with Crippen LogP contribution in [-0.4, -0.2) is 28.2 Å². The third-order valence-electron chi connectivity index (χ3n) is 4.77. The first-order chi connectivity index (χ1) is 11.5. The van der Waals surface area contributed by atoms with Gasteiger partial charge in [-0.3, -0.25) is 14.5 Å². The first kappa shape index (κ1) is 14.8. The van der Waals surface area contributed by atoms with Crippen LogP contribution in [-0.2, 0) is 19.9 Å². The van der Waals surface area contributed by atoms with Crippen molar-refractivity contribution in [2.45, 2.75) is 25.4 Å². The average Bonchev–Trinajstić information content (AvgIpc) is 3.12. The molecule has 0 aromatic heterocycles. The van der Waals surface area contributed by atoms with E-state index in [2.05, 4.69) is 0 Å². The molecule has 1 N–H and O–H groups in total. The van der Waals surface area contributed by atoms with E-state index < -0.39 is 17.1 Å². The lowest BCUT2D eigenvalue weighted by molar-refractivity contribution is -0.136. The van der Waals surface area contributed by atoms with E-state index in [-0.39, 0.29) is 11.8 Å². The number of amides is 1. The number of carbonyl (C=O) groups excluding carboxylic acids is 2. The van der Waals surface area contributed by atoms with Crippen molar-refractivity contribution in [2.24, 2.45) is 0 Å². The minimum atomic E-state index is -1.33. The summed E-state index contributed by atoms with van der Waals surface area (Å²) >= 11 is 0. The van der Waals surface area contributed by atoms with E-state index in [0.29, 0.717) is 24.9 Å². The molecule has 2 heterocycles. The highest BCUT2D eigenvalue weighted by Crippen LogP contribution is 2.40. The largest absolute Gasteiger partial charge is 0.501 e. The maximum atomic E-state index is 12.7. The zero-order valence-corrected chi connectivity index (χ0v) is 13.3. The van der Waals surface area contributed by atoms with Crippen LogP contribution in [0.4, 0.5) is 0 Å². The number of nitrogens with zero attached hydrogens (tertiary/aromatic N) is 1. The fourth-order valence-electron chi connectivity index (χ4n) is 3.33. The van der Waals surface area contributed by atoms with Gasteiger partial charge in [0.25, 0.3) is 5.78 Å². The van der Waals surface area contributed by atoms with E-state index >= 15 is 0 Å². The van der Waals surface area contributed by atoms with E-state index in [1.54, 1.807) is 6.92 Å². The summed E-state index contributed by atoms with van der Waals surface area (Å²) in [5.74, 6) is -1.14. The minimum absolute atomic E-state index is 0.0156. The van der Waals surface area contributed by atoms with Gasteiger partial charge < -0.3 is 9.84 Å². The first-order valence-corrected chi connectivity index (χ1v) is 7.97. The topological polar surface area (TPSA) is 66.8 Å². The molecule has 2 aromatic carbocycles. The molecule has 5 heteroatoms. The zero-order chi connectivity index (χ0) is 16.9. The molecule has 2 aliphatic rings. The second-order valence-electron chi connectivity index (χ2n) is 6.33. The molecule has 0 radical (unpaired) electrons. The van der Waals surface area contributed by atoms with Crippen LogP contribution in [0.2, 0.25) is 0 Å². The molecule has 2 aromatic rings. The fraction of sp³-hybridized carbons (Fsp3) is 0.263. The third-order valence-corrected chi connectivity index (χ3v) is 4.77. The Morgan fingerprint density at radius 2 is 1.88 bits per heavy atom. The van der Waals surface area contributed by atoms with Crippen molar-refractivity contribution in [3.63, 3.8) is 0 Å². The monoisotopic (exact) mass is 323 g/mol. The Morgan fingerprint density at radius 3 is 2.58 bits per heavy atom. The number of rotatable bonds is 2. The van der Waals surface area contributed by atoms with Crippen molar-refractivity contribution in [2.75, 3.05) is 6.54 Å². The number of hydrogen-bond acceptors (Lipinski definition) is 4. The lowest BCUT2D eigenvalue weighted by Crippen LogP contribution is -2.32. The number of aliphatic hydroxyl groups is 1. The number of benzene rings is 2. The molecule has 1 fully saturated rings. The Hall–Kier alpha value is -2.82. The molecule has 122 valence electrons. The van der Waals surface area contributed by atoms with Crippen molar-refractivity contribution < 1.29 is 19.4 Å². The van der Waals surface area contributed by atoms with Crippen LogP contribution < -0.4 is 0 Å². The zero-order valence-electron chi connectivity index (χ0n) is 13.3. The van der Waals surface area contributed by atoms with Crippen molar-refractivity contribution in [1.82, 2.24) is 4.90 Å². The highest BCUT2D eigenvalue weighted by Gasteiger charge is 2.50. The van der Waals surface area contributed by atoms with E-state index in [1.165, 1.54) is 4.90 Å². The Labute approximate surface area is 139 Å². The van der Waals surface area contributed by atoms with E-state index in [0.717, 1.165) is 10.8 Å². The third kappa shape index (κ3) is 2.01. The summed E-state index contributed by atoms with van der Waals surface area (Å²) in [5.41, 5.74) is -0.675. The molecule has 1 unspecified atom stereocenters. The summed E-state index contributed by atoms with van der Waals surface area (Å²) in [4.78, 5) is 26.0. The quantitative estimate of drug-likeness (QED) is 0.922. The smallest absolute Gasteiger partial charge is 0.250 e. The number of likely N-dealkylation sites (tertiary alicyclic amines) is 1. The van der Waals surface area contributed by atoms with E-state index in [4.69, 9.17) is 4.74 Å². The van der Waals surface area contributed by atoms with Gasteiger partial charge in [0.05, 0.1) is 0 Å². The molecule has 1 amide bonds. The number of Topliss-reactive ketones (excluding diaryl/α,β-unsaturated/α-hetero) is 1. The second-order valence-corrected chi connectivity index (χ2v) is 6.33. The molecule has 4 rings (SSSR count). The molecule has 0 saturated carbocycles. The molecule has 0 aliphatic carbocycles. The summed E-state index contributed by atoms with van der Waals surface area (Å²) in [6.45, 7) is 2.09. The van der Waals surface area contributed by atoms with Gasteiger partial charge in [0, 0.05) is 18.5 Å². The minimum Gasteiger partial charge on any atom is -0.501 e. The van der Waals surface area contributed by atoms with Crippen LogP contribution in [0.1, 0.15) is 25.3 Å². The molecule has 1 saturated heterocycles. The Bertz CT molecular complexity index is 901. The summed E-state index contributed by atoms with van der Waals surface area (Å²) in [7, 11) is 0. The van der Waals surface area contributed by atoms with Crippen molar-refractivity contribution in [1.29, 1.82) is 0 Å². The highest BCUT2D eigenvalue weighted by molar-refractivity contribution is 6.03. The normalized spacial score (nSPS) is 24.1. The number of ketones is 1. The lowest BCUT2D eigenvalue weighted by atomic mass is 9.90. The first-order valence-electron chi connectivity index (χ1n) is 7.97. The number of fused-ring (bicyclic) bond motifs is 1. The van der Waals surface area contributed by atoms with Gasteiger partial charge in [-0.25, -0.2) is 0 Å².